The number of carboxylic acids is 1. The number of hydrogen-bond acceptors (Lipinski definition) is 4. The van der Waals surface area contributed by atoms with Crippen LogP contribution in [0.5, 0.6) is 5.75 Å². The molecule has 3 N–H and O–H groups in total. The number of rotatable bonds is 5. The molecule has 0 radical (unpaired) electrons. The van der Waals surface area contributed by atoms with Crippen LogP contribution in [0.3, 0.4) is 0 Å². The van der Waals surface area contributed by atoms with Crippen molar-refractivity contribution in [3.05, 3.63) is 47.2 Å². The summed E-state index contributed by atoms with van der Waals surface area (Å²) in [6.45, 7) is 2.20. The number of phenols is 1. The van der Waals surface area contributed by atoms with Crippen molar-refractivity contribution in [1.82, 2.24) is 0 Å². The third-order valence-electron chi connectivity index (χ3n) is 2.24. The van der Waals surface area contributed by atoms with Gasteiger partial charge < -0.3 is 15.3 Å². The summed E-state index contributed by atoms with van der Waals surface area (Å²) >= 11 is 0. The first kappa shape index (κ1) is 14.5. The minimum Gasteiger partial charge on any atom is -0.508 e. The van der Waals surface area contributed by atoms with E-state index in [2.05, 4.69) is 4.99 Å². The van der Waals surface area contributed by atoms with Crippen molar-refractivity contribution in [2.24, 2.45) is 4.99 Å². The molecule has 0 saturated carbocycles. The van der Waals surface area contributed by atoms with Gasteiger partial charge in [-0.25, -0.2) is 4.79 Å². The highest BCUT2D eigenvalue weighted by Gasteiger charge is 2.09. The predicted molar refractivity (Wildman–Crippen MR) is 73.5 cm³/mol. The lowest BCUT2D eigenvalue weighted by Crippen LogP contribution is -2.05. The number of hydrogen-bond donors (Lipinski definition) is 3. The highest BCUT2D eigenvalue weighted by atomic mass is 16.4. The van der Waals surface area contributed by atoms with E-state index in [4.69, 9.17) is 10.2 Å². The van der Waals surface area contributed by atoms with Gasteiger partial charge in [-0.2, -0.15) is 0 Å². The second-order valence-electron chi connectivity index (χ2n) is 3.66. The number of allylic oxidation sites excluding steroid dienone is 1. The van der Waals surface area contributed by atoms with Crippen LogP contribution in [0.2, 0.25) is 0 Å². The van der Waals surface area contributed by atoms with Gasteiger partial charge in [0, 0.05) is 12.8 Å². The Morgan fingerprint density at radius 1 is 1.26 bits per heavy atom. The minimum atomic E-state index is -1.25. The fourth-order valence-electron chi connectivity index (χ4n) is 1.26. The van der Waals surface area contributed by atoms with Gasteiger partial charge in [-0.3, -0.25) is 4.99 Å². The molecule has 100 valence electrons. The molecular weight excluding hydrogens is 246 g/mol. The number of aliphatic imine (C=N–C) groups is 1. The molecule has 0 spiro atoms. The van der Waals surface area contributed by atoms with Gasteiger partial charge in [0.2, 0.25) is 0 Å². The summed E-state index contributed by atoms with van der Waals surface area (Å²) in [6.07, 6.45) is 3.94. The molecule has 1 rings (SSSR count). The maximum atomic E-state index is 10.9. The Balaban J connectivity index is 2.96. The number of benzene rings is 1. The monoisotopic (exact) mass is 261 g/mol. The quantitative estimate of drug-likeness (QED) is 0.328. The first-order valence-electron chi connectivity index (χ1n) is 5.68. The van der Waals surface area contributed by atoms with Gasteiger partial charge in [0.05, 0.1) is 0 Å². The largest absolute Gasteiger partial charge is 0.508 e. The third-order valence-corrected chi connectivity index (χ3v) is 2.24. The normalized spacial score (nSPS) is 12.9. The van der Waals surface area contributed by atoms with Crippen LogP contribution in [-0.2, 0) is 4.79 Å². The van der Waals surface area contributed by atoms with Gasteiger partial charge in [0.15, 0.2) is 0 Å². The Bertz CT molecular complexity index is 527. The maximum absolute atomic E-state index is 10.9. The highest BCUT2D eigenvalue weighted by Crippen LogP contribution is 2.12. The van der Waals surface area contributed by atoms with E-state index in [-0.39, 0.29) is 17.1 Å². The molecule has 0 atom stereocenters. The van der Waals surface area contributed by atoms with Crippen LogP contribution in [0.25, 0.3) is 6.08 Å². The predicted octanol–water partition coefficient (Wildman–Crippen LogP) is 2.39. The summed E-state index contributed by atoms with van der Waals surface area (Å²) in [7, 11) is 0. The first-order valence-corrected chi connectivity index (χ1v) is 5.68. The van der Waals surface area contributed by atoms with Crippen LogP contribution in [0.1, 0.15) is 12.5 Å². The lowest BCUT2D eigenvalue weighted by Gasteiger charge is -1.98. The van der Waals surface area contributed by atoms with Gasteiger partial charge in [-0.1, -0.05) is 18.2 Å². The van der Waals surface area contributed by atoms with E-state index in [1.165, 1.54) is 24.3 Å². The molecule has 0 aliphatic rings. The molecule has 0 fully saturated rings. The molecule has 0 heterocycles. The first-order chi connectivity index (χ1) is 9.04. The summed E-state index contributed by atoms with van der Waals surface area (Å²) in [5.74, 6) is -1.49. The van der Waals surface area contributed by atoms with E-state index < -0.39 is 5.97 Å². The van der Waals surface area contributed by atoms with E-state index >= 15 is 0 Å². The van der Waals surface area contributed by atoms with E-state index in [0.29, 0.717) is 6.54 Å². The molecule has 1 aromatic rings. The van der Waals surface area contributed by atoms with Crippen LogP contribution in [0, 0.1) is 0 Å². The van der Waals surface area contributed by atoms with Crippen molar-refractivity contribution >= 4 is 18.3 Å². The number of carbonyl (C=O) groups is 1. The van der Waals surface area contributed by atoms with Gasteiger partial charge in [-0.15, -0.1) is 0 Å². The molecule has 19 heavy (non-hydrogen) atoms. The van der Waals surface area contributed by atoms with Gasteiger partial charge in [-0.05, 0) is 30.7 Å². The van der Waals surface area contributed by atoms with Crippen molar-refractivity contribution < 1.29 is 20.1 Å². The summed E-state index contributed by atoms with van der Waals surface area (Å²) in [5, 5.41) is 27.7. The summed E-state index contributed by atoms with van der Waals surface area (Å²) in [5.41, 5.74) is 0.457. The zero-order chi connectivity index (χ0) is 14.3. The summed E-state index contributed by atoms with van der Waals surface area (Å²) in [6, 6.07) is 6.27. The van der Waals surface area contributed by atoms with Crippen molar-refractivity contribution in [1.29, 1.82) is 0 Å². The van der Waals surface area contributed by atoms with E-state index in [1.54, 1.807) is 19.1 Å². The van der Waals surface area contributed by atoms with Gasteiger partial charge in [0.1, 0.15) is 17.1 Å². The van der Waals surface area contributed by atoms with Crippen molar-refractivity contribution in [2.75, 3.05) is 6.54 Å². The molecular formula is C14H15NO4. The zero-order valence-electron chi connectivity index (χ0n) is 10.4. The number of aromatic hydroxyl groups is 1. The Labute approximate surface area is 110 Å². The molecule has 0 aromatic heterocycles. The SMILES string of the molecule is CCN=C/C(C(=O)O)=C(O)\C=C\c1ccc(O)cc1. The maximum Gasteiger partial charge on any atom is 0.341 e. The number of phenolic OH excluding ortho intramolecular Hbond substituents is 1. The smallest absolute Gasteiger partial charge is 0.341 e. The van der Waals surface area contributed by atoms with E-state index in [0.717, 1.165) is 11.8 Å². The molecule has 5 heteroatoms. The van der Waals surface area contributed by atoms with Crippen molar-refractivity contribution in [3.8, 4) is 5.75 Å². The second kappa shape index (κ2) is 7.00. The van der Waals surface area contributed by atoms with Crippen LogP contribution in [0.4, 0.5) is 0 Å². The molecule has 1 aromatic carbocycles. The average molecular weight is 261 g/mol. The lowest BCUT2D eigenvalue weighted by molar-refractivity contribution is -0.132. The van der Waals surface area contributed by atoms with Crippen LogP contribution in [-0.4, -0.2) is 34.0 Å². The topological polar surface area (TPSA) is 90.1 Å². The molecule has 5 nitrogen and oxygen atoms in total. The van der Waals surface area contributed by atoms with Crippen LogP contribution >= 0.6 is 0 Å². The Kier molecular flexibility index (Phi) is 5.35. The molecule has 0 amide bonds. The van der Waals surface area contributed by atoms with Gasteiger partial charge in [0.25, 0.3) is 0 Å². The molecule has 0 unspecified atom stereocenters. The number of aliphatic carboxylic acids is 1. The van der Waals surface area contributed by atoms with Crippen molar-refractivity contribution in [2.45, 2.75) is 6.92 Å². The average Bonchev–Trinajstić information content (AvgIpc) is 2.38. The number of aliphatic hydroxyl groups is 1. The molecule has 0 saturated heterocycles. The Morgan fingerprint density at radius 3 is 2.42 bits per heavy atom. The summed E-state index contributed by atoms with van der Waals surface area (Å²) < 4.78 is 0. The third kappa shape index (κ3) is 4.67. The number of aliphatic hydroxyl groups excluding tert-OH is 1. The standard InChI is InChI=1S/C14H15NO4/c1-2-15-9-12(14(18)19)13(17)8-5-10-3-6-11(16)7-4-10/h3-9,16-17H,2H2,1H3,(H,18,19)/b8-5+,13-12-,15-9?. The Hall–Kier alpha value is -2.56. The number of carboxylic acid groups (broad SMARTS) is 1. The zero-order valence-corrected chi connectivity index (χ0v) is 10.4. The molecule has 0 aliphatic heterocycles. The van der Waals surface area contributed by atoms with E-state index in [9.17, 15) is 9.90 Å². The van der Waals surface area contributed by atoms with Crippen LogP contribution < -0.4 is 0 Å². The minimum absolute atomic E-state index is 0.137. The van der Waals surface area contributed by atoms with Crippen LogP contribution in [0.15, 0.2) is 46.7 Å². The molecule has 0 aliphatic carbocycles. The Morgan fingerprint density at radius 2 is 1.89 bits per heavy atom. The van der Waals surface area contributed by atoms with E-state index in [1.807, 2.05) is 0 Å². The van der Waals surface area contributed by atoms with Gasteiger partial charge >= 0.3 is 5.97 Å². The highest BCUT2D eigenvalue weighted by molar-refractivity contribution is 6.09. The lowest BCUT2D eigenvalue weighted by atomic mass is 10.1. The fourth-order valence-corrected chi connectivity index (χ4v) is 1.26. The second-order valence-corrected chi connectivity index (χ2v) is 3.66. The fraction of sp³-hybridized carbons (Fsp3) is 0.143. The molecule has 0 bridgehead atoms. The summed E-state index contributed by atoms with van der Waals surface area (Å²) in [4.78, 5) is 14.7. The van der Waals surface area contributed by atoms with Crippen molar-refractivity contribution in [3.63, 3.8) is 0 Å². The number of nitrogens with zero attached hydrogens (tertiary/aromatic N) is 1.